The fourth-order valence-electron chi connectivity index (χ4n) is 5.80. The van der Waals surface area contributed by atoms with E-state index in [1.165, 1.54) is 11.6 Å². The molecule has 0 radical (unpaired) electrons. The lowest BCUT2D eigenvalue weighted by molar-refractivity contribution is -0.193. The Morgan fingerprint density at radius 1 is 0.618 bits per heavy atom. The summed E-state index contributed by atoms with van der Waals surface area (Å²) in [4.78, 5) is 53.5. The van der Waals surface area contributed by atoms with Gasteiger partial charge in [-0.05, 0) is 73.4 Å². The number of carbonyl (C=O) groups excluding carboxylic acids is 1. The first-order valence-corrected chi connectivity index (χ1v) is 19.5. The summed E-state index contributed by atoms with van der Waals surface area (Å²) >= 11 is 0. The summed E-state index contributed by atoms with van der Waals surface area (Å²) in [5, 5.41) is 38.5. The molecule has 1 amide bonds. The zero-order chi connectivity index (χ0) is 52.4. The highest BCUT2D eigenvalue weighted by Gasteiger charge is 2.40. The van der Waals surface area contributed by atoms with Gasteiger partial charge in [0, 0.05) is 81.6 Å². The van der Waals surface area contributed by atoms with Crippen LogP contribution in [0.4, 0.5) is 57.1 Å². The highest BCUT2D eigenvalue weighted by molar-refractivity contribution is 5.94. The summed E-state index contributed by atoms with van der Waals surface area (Å²) in [5.74, 6) is -11.4. The van der Waals surface area contributed by atoms with Crippen LogP contribution in [0.3, 0.4) is 0 Å². The van der Waals surface area contributed by atoms with Crippen molar-refractivity contribution in [2.24, 2.45) is 0 Å². The van der Waals surface area contributed by atoms with E-state index in [1.807, 2.05) is 36.4 Å². The maximum atomic E-state index is 14.9. The molecule has 3 aromatic carbocycles. The third-order valence-electron chi connectivity index (χ3n) is 9.02. The van der Waals surface area contributed by atoms with Crippen molar-refractivity contribution in [3.8, 4) is 11.1 Å². The summed E-state index contributed by atoms with van der Waals surface area (Å²) < 4.78 is 142. The SMILES string of the molecule is CC1CN(Cc2cccc(C(=O)NCc3ccc(F)c(-c4cccc(CN5CCN[C@@H](C)C5)c4)c3)c2)C(C)CN1.O=C(O)C(F)(F)F.O=C(O)C(F)(F)F.O=C(O)C(F)(F)F.O=C(O)C(F)(F)F. The van der Waals surface area contributed by atoms with Crippen molar-refractivity contribution in [3.05, 3.63) is 94.8 Å². The Balaban J connectivity index is 0.000000668. The molecule has 2 saturated heterocycles. The van der Waals surface area contributed by atoms with Gasteiger partial charge in [0.05, 0.1) is 0 Å². The van der Waals surface area contributed by atoms with Gasteiger partial charge >= 0.3 is 48.6 Å². The van der Waals surface area contributed by atoms with E-state index in [-0.39, 0.29) is 11.7 Å². The fourth-order valence-corrected chi connectivity index (χ4v) is 5.80. The first-order valence-electron chi connectivity index (χ1n) is 19.5. The van der Waals surface area contributed by atoms with Crippen LogP contribution in [0, 0.1) is 5.82 Å². The number of nitrogens with zero attached hydrogens (tertiary/aromatic N) is 2. The Hall–Kier alpha value is -6.06. The Kier molecular flexibility index (Phi) is 23.3. The molecule has 3 aromatic rings. The van der Waals surface area contributed by atoms with E-state index >= 15 is 0 Å². The predicted molar refractivity (Wildman–Crippen MR) is 214 cm³/mol. The summed E-state index contributed by atoms with van der Waals surface area (Å²) in [5.41, 5.74) is 5.23. The molecule has 27 heteroatoms. The van der Waals surface area contributed by atoms with Crippen LogP contribution >= 0.6 is 0 Å². The Morgan fingerprint density at radius 2 is 1.09 bits per heavy atom. The van der Waals surface area contributed by atoms with E-state index in [9.17, 15) is 61.9 Å². The zero-order valence-electron chi connectivity index (χ0n) is 35.9. The molecule has 0 aliphatic carbocycles. The molecule has 2 unspecified atom stereocenters. The number of carboxylic acids is 4. The first-order chi connectivity index (χ1) is 31.1. The minimum Gasteiger partial charge on any atom is -0.475 e. The molecule has 68 heavy (non-hydrogen) atoms. The molecular formula is C41H46F13N5O9. The van der Waals surface area contributed by atoms with Crippen LogP contribution in [-0.4, -0.2) is 136 Å². The fraction of sp³-hybridized carbons (Fsp3) is 0.439. The maximum Gasteiger partial charge on any atom is 0.490 e. The molecule has 0 saturated carbocycles. The van der Waals surface area contributed by atoms with E-state index in [1.54, 1.807) is 6.07 Å². The normalized spacial score (nSPS) is 17.7. The number of halogens is 13. The number of hydrogen-bond acceptors (Lipinski definition) is 9. The van der Waals surface area contributed by atoms with Gasteiger partial charge in [0.1, 0.15) is 5.82 Å². The van der Waals surface area contributed by atoms with E-state index in [0.29, 0.717) is 35.8 Å². The van der Waals surface area contributed by atoms with Crippen molar-refractivity contribution in [1.29, 1.82) is 0 Å². The standard InChI is InChI=1S/C33H42FN5O.4C2HF3O2/c1-23-19-38(13-12-35-23)21-27-6-4-8-29(14-27)31-16-26(10-11-32(31)34)18-37-33(40)30-9-5-7-28(15-30)22-39-20-24(2)36-17-25(39)3;4*3-2(4,5)1(6)7/h4-11,14-16,23-25,35-36H,12-13,17-22H2,1-3H3,(H,37,40);4*(H,6,7)/t23-,24?,25?;;;;/m0..../s1. The molecule has 2 aliphatic heterocycles. The molecule has 0 bridgehead atoms. The lowest BCUT2D eigenvalue weighted by Crippen LogP contribution is -2.53. The lowest BCUT2D eigenvalue weighted by atomic mass is 10.00. The van der Waals surface area contributed by atoms with Gasteiger partial charge in [-0.2, -0.15) is 52.7 Å². The smallest absolute Gasteiger partial charge is 0.475 e. The average Bonchev–Trinajstić information content (AvgIpc) is 3.21. The van der Waals surface area contributed by atoms with Crippen LogP contribution in [0.15, 0.2) is 66.7 Å². The Labute approximate surface area is 378 Å². The number of carbonyl (C=O) groups is 5. The number of rotatable bonds is 8. The number of amides is 1. The van der Waals surface area contributed by atoms with Gasteiger partial charge in [-0.3, -0.25) is 14.6 Å². The van der Waals surface area contributed by atoms with Crippen LogP contribution < -0.4 is 16.0 Å². The van der Waals surface area contributed by atoms with E-state index in [4.69, 9.17) is 39.6 Å². The zero-order valence-corrected chi connectivity index (χ0v) is 35.9. The Bertz CT molecular complexity index is 2040. The molecule has 380 valence electrons. The molecule has 7 N–H and O–H groups in total. The van der Waals surface area contributed by atoms with Crippen molar-refractivity contribution in [2.45, 2.75) is 83.2 Å². The number of alkyl halides is 12. The second-order valence-electron chi connectivity index (χ2n) is 14.8. The van der Waals surface area contributed by atoms with Crippen molar-refractivity contribution < 1.29 is 101 Å². The first kappa shape index (κ1) is 60.0. The van der Waals surface area contributed by atoms with E-state index < -0.39 is 48.6 Å². The van der Waals surface area contributed by atoms with Crippen molar-refractivity contribution >= 4 is 29.8 Å². The van der Waals surface area contributed by atoms with Gasteiger partial charge in [-0.1, -0.05) is 36.4 Å². The lowest BCUT2D eigenvalue weighted by Gasteiger charge is -2.37. The number of nitrogens with one attached hydrogen (secondary N) is 3. The van der Waals surface area contributed by atoms with Crippen LogP contribution in [0.25, 0.3) is 11.1 Å². The van der Waals surface area contributed by atoms with Crippen LogP contribution in [0.5, 0.6) is 0 Å². The number of carboxylic acid groups (broad SMARTS) is 4. The van der Waals surface area contributed by atoms with Gasteiger partial charge < -0.3 is 36.4 Å². The quantitative estimate of drug-likeness (QED) is 0.114. The molecule has 3 atom stereocenters. The number of aliphatic carboxylic acids is 4. The van der Waals surface area contributed by atoms with Crippen LogP contribution in [0.2, 0.25) is 0 Å². The topological polar surface area (TPSA) is 209 Å². The molecule has 0 aromatic heterocycles. The molecule has 0 spiro atoms. The molecule has 2 aliphatic rings. The highest BCUT2D eigenvalue weighted by Crippen LogP contribution is 2.26. The van der Waals surface area contributed by atoms with Gasteiger partial charge in [-0.15, -0.1) is 0 Å². The minimum absolute atomic E-state index is 0.123. The van der Waals surface area contributed by atoms with Gasteiger partial charge in [0.25, 0.3) is 5.91 Å². The van der Waals surface area contributed by atoms with Crippen molar-refractivity contribution in [2.75, 3.05) is 32.7 Å². The molecule has 2 heterocycles. The number of hydrogen-bond donors (Lipinski definition) is 7. The third-order valence-corrected chi connectivity index (χ3v) is 9.02. The van der Waals surface area contributed by atoms with Crippen LogP contribution in [0.1, 0.15) is 47.8 Å². The predicted octanol–water partition coefficient (Wildman–Crippen LogP) is 6.93. The molecule has 14 nitrogen and oxygen atoms in total. The van der Waals surface area contributed by atoms with Crippen molar-refractivity contribution in [3.63, 3.8) is 0 Å². The molecule has 2 fully saturated rings. The second-order valence-corrected chi connectivity index (χ2v) is 14.8. The molecule has 5 rings (SSSR count). The third kappa shape index (κ3) is 23.1. The van der Waals surface area contributed by atoms with Gasteiger partial charge in [0.2, 0.25) is 0 Å². The minimum atomic E-state index is -5.08. The second kappa shape index (κ2) is 26.5. The summed E-state index contributed by atoms with van der Waals surface area (Å²) in [6.07, 6.45) is -20.3. The summed E-state index contributed by atoms with van der Waals surface area (Å²) in [6, 6.07) is 22.5. The van der Waals surface area contributed by atoms with Crippen LogP contribution in [-0.2, 0) is 38.8 Å². The number of piperazine rings is 2. The van der Waals surface area contributed by atoms with Crippen molar-refractivity contribution in [1.82, 2.24) is 25.8 Å². The van der Waals surface area contributed by atoms with E-state index in [0.717, 1.165) is 62.5 Å². The maximum absolute atomic E-state index is 14.9. The number of benzene rings is 3. The monoisotopic (exact) mass is 999 g/mol. The largest absolute Gasteiger partial charge is 0.490 e. The highest BCUT2D eigenvalue weighted by atomic mass is 19.4. The average molecular weight is 1000 g/mol. The summed E-state index contributed by atoms with van der Waals surface area (Å²) in [6.45, 7) is 13.6. The summed E-state index contributed by atoms with van der Waals surface area (Å²) in [7, 11) is 0. The van der Waals surface area contributed by atoms with E-state index in [2.05, 4.69) is 64.7 Å². The van der Waals surface area contributed by atoms with Gasteiger partial charge in [0.15, 0.2) is 0 Å². The Morgan fingerprint density at radius 3 is 1.57 bits per heavy atom. The van der Waals surface area contributed by atoms with Gasteiger partial charge in [-0.25, -0.2) is 23.6 Å². The molecular weight excluding hydrogens is 953 g/mol.